The van der Waals surface area contributed by atoms with Crippen molar-refractivity contribution in [1.82, 2.24) is 0 Å². The minimum absolute atomic E-state index is 0.264. The van der Waals surface area contributed by atoms with Gasteiger partial charge in [-0.05, 0) is 4.99 Å². The molecular weight excluding hydrogens is 150 g/mol. The van der Waals surface area contributed by atoms with Gasteiger partial charge in [-0.15, -0.1) is 8.93 Å². The zero-order valence-corrected chi connectivity index (χ0v) is 6.69. The summed E-state index contributed by atoms with van der Waals surface area (Å²) in [4.78, 5) is 10.0. The van der Waals surface area contributed by atoms with Crippen molar-refractivity contribution in [1.29, 1.82) is 0 Å². The Morgan fingerprint density at radius 1 is 1.86 bits per heavy atom. The van der Waals surface area contributed by atoms with Crippen LogP contribution in [-0.4, -0.2) is 9.54 Å². The first-order valence-corrected chi connectivity index (χ1v) is 5.43. The second-order valence-corrected chi connectivity index (χ2v) is 5.33. The van der Waals surface area contributed by atoms with Gasteiger partial charge in [0.05, 0.1) is 0 Å². The number of rotatable bonds is 2. The molecule has 0 aliphatic heterocycles. The zero-order valence-electron chi connectivity index (χ0n) is 3.83. The first-order chi connectivity index (χ1) is 3.18. The molecule has 0 aromatic heterocycles. The van der Waals surface area contributed by atoms with Gasteiger partial charge in [0, 0.05) is 0 Å². The van der Waals surface area contributed by atoms with Gasteiger partial charge in [0.15, 0.2) is 0 Å². The molecule has 0 heterocycles. The maximum atomic E-state index is 10.3. The summed E-state index contributed by atoms with van der Waals surface area (Å²) in [6.45, 7) is 1.64. The molecule has 0 fully saturated rings. The van der Waals surface area contributed by atoms with Crippen LogP contribution >= 0.6 is 28.8 Å². The van der Waals surface area contributed by atoms with Crippen molar-refractivity contribution in [2.24, 2.45) is 0 Å². The average molecular weight is 156 g/mol. The van der Waals surface area contributed by atoms with Crippen molar-refractivity contribution in [3.05, 3.63) is 0 Å². The minimum Gasteiger partial charge on any atom is -0.826 e. The molecule has 0 bridgehead atoms. The van der Waals surface area contributed by atoms with Crippen LogP contribution in [0.2, 0.25) is 0 Å². The molecule has 0 aliphatic carbocycles. The monoisotopic (exact) mass is 156 g/mol. The highest BCUT2D eigenvalue weighted by Crippen LogP contribution is 2.44. The summed E-state index contributed by atoms with van der Waals surface area (Å²) in [7, 11) is 0.762. The van der Waals surface area contributed by atoms with Gasteiger partial charge in [0.1, 0.15) is 0 Å². The number of hydrogen-bond donors (Lipinski definition) is 0. The van der Waals surface area contributed by atoms with Crippen LogP contribution in [-0.2, 0) is 0 Å². The molecule has 0 aromatic rings. The zero-order chi connectivity index (χ0) is 5.86. The lowest BCUT2D eigenvalue weighted by atomic mass is 11.0. The highest BCUT2D eigenvalue weighted by Gasteiger charge is 1.90. The summed E-state index contributed by atoms with van der Waals surface area (Å²) >= 11 is 0.378. The van der Waals surface area contributed by atoms with Crippen LogP contribution < -0.4 is 4.89 Å². The standard InChI is InChI=1S/C2H7O2P2S/c1-2(7-4)6(3)5/h2,4H,5H2,1H3/q-1/p-1. The summed E-state index contributed by atoms with van der Waals surface area (Å²) in [5, 5.41) is 0. The first kappa shape index (κ1) is 8.13. The molecule has 0 radical (unpaired) electrons. The molecule has 0 spiro atoms. The molecule has 7 heavy (non-hydrogen) atoms. The van der Waals surface area contributed by atoms with Crippen LogP contribution in [0.3, 0.4) is 0 Å². The molecule has 0 saturated heterocycles. The normalized spacial score (nSPS) is 18.9. The van der Waals surface area contributed by atoms with E-state index in [1.165, 1.54) is 0 Å². The Bertz CT molecular complexity index is 51.0. The number of hydrogen-bond acceptors (Lipinski definition) is 3. The highest BCUT2D eigenvalue weighted by atomic mass is 32.2. The van der Waals surface area contributed by atoms with E-state index >= 15 is 0 Å². The van der Waals surface area contributed by atoms with Crippen LogP contribution in [0.15, 0.2) is 0 Å². The minimum atomic E-state index is -1.34. The molecule has 0 amide bonds. The van der Waals surface area contributed by atoms with Gasteiger partial charge in [0.25, 0.3) is 0 Å². The Balaban J connectivity index is 3.14. The lowest BCUT2D eigenvalue weighted by molar-refractivity contribution is -0.154. The van der Waals surface area contributed by atoms with Gasteiger partial charge in [-0.25, -0.2) is 0 Å². The molecule has 0 rings (SSSR count). The summed E-state index contributed by atoms with van der Waals surface area (Å²) in [5.41, 5.74) is 0. The summed E-state index contributed by atoms with van der Waals surface area (Å²) in [5.74, 6) is 0. The van der Waals surface area contributed by atoms with Crippen LogP contribution in [0.4, 0.5) is 0 Å². The molecule has 3 atom stereocenters. The van der Waals surface area contributed by atoms with E-state index in [-0.39, 0.29) is 4.99 Å². The van der Waals surface area contributed by atoms with Gasteiger partial charge in [-0.1, -0.05) is 6.92 Å². The second-order valence-electron chi connectivity index (χ2n) is 1.06. The fourth-order valence-electron chi connectivity index (χ4n) is 0.0424. The molecule has 0 aromatic carbocycles. The van der Waals surface area contributed by atoms with E-state index in [0.717, 1.165) is 0 Å². The van der Waals surface area contributed by atoms with Crippen molar-refractivity contribution in [2.45, 2.75) is 11.9 Å². The van der Waals surface area contributed by atoms with Gasteiger partial charge in [-0.2, -0.15) is 7.84 Å². The van der Waals surface area contributed by atoms with Gasteiger partial charge in [-0.3, -0.25) is 12.0 Å². The van der Waals surface area contributed by atoms with Crippen LogP contribution in [0.5, 0.6) is 0 Å². The third-order valence-corrected chi connectivity index (χ3v) is 4.36. The van der Waals surface area contributed by atoms with Gasteiger partial charge in [0.2, 0.25) is 0 Å². The summed E-state index contributed by atoms with van der Waals surface area (Å²) < 4.78 is 9.79. The molecule has 5 heteroatoms. The largest absolute Gasteiger partial charge is 0.826 e. The molecule has 2 nitrogen and oxygen atoms in total. The summed E-state index contributed by atoms with van der Waals surface area (Å²) in [6, 6.07) is 0. The summed E-state index contributed by atoms with van der Waals surface area (Å²) in [6.07, 6.45) is 0. The Labute approximate surface area is 50.8 Å². The van der Waals surface area contributed by atoms with Crippen LogP contribution in [0.25, 0.3) is 0 Å². The van der Waals surface area contributed by atoms with Crippen molar-refractivity contribution in [2.75, 3.05) is 0 Å². The predicted molar refractivity (Wildman–Crippen MR) is 34.5 cm³/mol. The van der Waals surface area contributed by atoms with E-state index in [1.54, 1.807) is 6.92 Å². The Morgan fingerprint density at radius 3 is 2.29 bits per heavy atom. The topological polar surface area (TPSA) is 46.1 Å². The van der Waals surface area contributed by atoms with Crippen molar-refractivity contribution >= 4 is 28.8 Å². The molecule has 0 aliphatic rings. The lowest BCUT2D eigenvalue weighted by Gasteiger charge is -2.27. The third kappa shape index (κ3) is 3.69. The maximum Gasteiger partial charge on any atom is -0.00338 e. The molecular formula is C2H6O2P2S-2. The van der Waals surface area contributed by atoms with Gasteiger partial charge >= 0.3 is 0 Å². The molecule has 44 valence electrons. The highest BCUT2D eigenvalue weighted by molar-refractivity contribution is 8.17. The molecule has 0 N–H and O–H groups in total. The van der Waals surface area contributed by atoms with Crippen LogP contribution in [0.1, 0.15) is 6.92 Å². The Morgan fingerprint density at radius 2 is 2.29 bits per heavy atom. The fourth-order valence-corrected chi connectivity index (χ4v) is 0.829. The van der Waals surface area contributed by atoms with Crippen molar-refractivity contribution in [3.8, 4) is 0 Å². The van der Waals surface area contributed by atoms with E-state index in [0.29, 0.717) is 12.0 Å². The van der Waals surface area contributed by atoms with E-state index in [9.17, 15) is 9.45 Å². The van der Waals surface area contributed by atoms with E-state index in [4.69, 9.17) is 0 Å². The molecule has 0 saturated carbocycles. The van der Waals surface area contributed by atoms with E-state index < -0.39 is 7.84 Å². The fraction of sp³-hybridized carbons (Fsp3) is 1.00. The average Bonchev–Trinajstić information content (AvgIpc) is 1.65. The lowest BCUT2D eigenvalue weighted by Crippen LogP contribution is -1.98. The maximum absolute atomic E-state index is 10.3. The third-order valence-electron chi connectivity index (χ3n) is 0.498. The smallest absolute Gasteiger partial charge is 0.00338 e. The second kappa shape index (κ2) is 4.05. The van der Waals surface area contributed by atoms with E-state index in [2.05, 4.69) is 8.93 Å². The van der Waals surface area contributed by atoms with Gasteiger partial charge < -0.3 is 9.45 Å². The van der Waals surface area contributed by atoms with Crippen molar-refractivity contribution in [3.63, 3.8) is 0 Å². The first-order valence-electron chi connectivity index (χ1n) is 1.68. The van der Waals surface area contributed by atoms with E-state index in [1.807, 2.05) is 0 Å². The Kier molecular flexibility index (Phi) is 4.71. The predicted octanol–water partition coefficient (Wildman–Crippen LogP) is 0.743. The van der Waals surface area contributed by atoms with Crippen LogP contribution in [0, 0.1) is 0 Å². The van der Waals surface area contributed by atoms with Crippen molar-refractivity contribution < 1.29 is 9.45 Å². The molecule has 3 unspecified atom stereocenters. The Hall–Kier alpha value is 1.13. The quantitative estimate of drug-likeness (QED) is 0.437. The SMILES string of the molecule is CC(S[O-])P([O-])P.